The van der Waals surface area contributed by atoms with Crippen LogP contribution in [0.25, 0.3) is 0 Å². The normalized spacial score (nSPS) is 34.6. The zero-order valence-electron chi connectivity index (χ0n) is 34.5. The average Bonchev–Trinajstić information content (AvgIpc) is 3.28. The zero-order valence-corrected chi connectivity index (χ0v) is 34.5. The van der Waals surface area contributed by atoms with Crippen LogP contribution < -0.4 is 0 Å². The molecule has 3 saturated heterocycles. The van der Waals surface area contributed by atoms with Crippen LogP contribution in [-0.4, -0.2) is 115 Å². The molecule has 3 aliphatic rings. The number of aliphatic hydroxyl groups is 3. The lowest BCUT2D eigenvalue weighted by Crippen LogP contribution is -2.66. The van der Waals surface area contributed by atoms with Gasteiger partial charge in [-0.1, -0.05) is 121 Å². The Balaban J connectivity index is 1.24. The number of methoxy groups -OCH3 is 1. The fourth-order valence-corrected chi connectivity index (χ4v) is 7.88. The first-order valence-electron chi connectivity index (χ1n) is 20.7. The summed E-state index contributed by atoms with van der Waals surface area (Å²) in [6, 6.07) is 39.1. The third-order valence-corrected chi connectivity index (χ3v) is 11.2. The van der Waals surface area contributed by atoms with Crippen molar-refractivity contribution < 1.29 is 62.7 Å². The summed E-state index contributed by atoms with van der Waals surface area (Å²) < 4.78 is 65.5. The van der Waals surface area contributed by atoms with Gasteiger partial charge in [0, 0.05) is 7.11 Å². The predicted octanol–water partition coefficient (Wildman–Crippen LogP) is 5.06. The molecule has 3 heterocycles. The largest absolute Gasteiger partial charge is 0.388 e. The van der Waals surface area contributed by atoms with Crippen molar-refractivity contribution in [2.24, 2.45) is 0 Å². The molecule has 0 aliphatic carbocycles. The molecule has 60 heavy (non-hydrogen) atoms. The maximum absolute atomic E-state index is 11.3. The Morgan fingerprint density at radius 1 is 0.383 bits per heavy atom. The average molecular weight is 831 g/mol. The molecular weight excluding hydrogens is 773 g/mol. The van der Waals surface area contributed by atoms with Gasteiger partial charge in [-0.25, -0.2) is 0 Å². The number of rotatable bonds is 17. The molecule has 324 valence electrons. The first kappa shape index (κ1) is 44.4. The Morgan fingerprint density at radius 3 is 1.12 bits per heavy atom. The molecule has 13 nitrogen and oxygen atoms in total. The van der Waals surface area contributed by atoms with E-state index in [4.69, 9.17) is 47.4 Å². The molecule has 3 fully saturated rings. The fraction of sp³-hybridized carbons (Fsp3) is 0.489. The van der Waals surface area contributed by atoms with Gasteiger partial charge < -0.3 is 62.7 Å². The molecule has 3 aliphatic heterocycles. The monoisotopic (exact) mass is 830 g/mol. The lowest BCUT2D eigenvalue weighted by molar-refractivity contribution is -0.396. The Morgan fingerprint density at radius 2 is 0.717 bits per heavy atom. The van der Waals surface area contributed by atoms with Gasteiger partial charge in [-0.2, -0.15) is 0 Å². The minimum atomic E-state index is -1.63. The second kappa shape index (κ2) is 21.4. The third kappa shape index (κ3) is 11.0. The van der Waals surface area contributed by atoms with Gasteiger partial charge in [-0.3, -0.25) is 0 Å². The molecule has 7 rings (SSSR count). The zero-order chi connectivity index (χ0) is 42.0. The molecule has 3 N–H and O–H groups in total. The highest BCUT2D eigenvalue weighted by molar-refractivity contribution is 5.16. The molecule has 4 aromatic rings. The van der Waals surface area contributed by atoms with Crippen LogP contribution in [0.4, 0.5) is 0 Å². The maximum atomic E-state index is 11.3. The molecule has 0 amide bonds. The van der Waals surface area contributed by atoms with Crippen molar-refractivity contribution in [3.05, 3.63) is 144 Å². The summed E-state index contributed by atoms with van der Waals surface area (Å²) in [4.78, 5) is 0. The summed E-state index contributed by atoms with van der Waals surface area (Å²) in [5.74, 6) is 0. The number of hydrogen-bond acceptors (Lipinski definition) is 13. The predicted molar refractivity (Wildman–Crippen MR) is 218 cm³/mol. The maximum Gasteiger partial charge on any atom is 0.187 e. The number of aliphatic hydroxyl groups excluding tert-OH is 3. The Hall–Kier alpha value is -3.64. The smallest absolute Gasteiger partial charge is 0.187 e. The molecule has 13 heteroatoms. The Kier molecular flexibility index (Phi) is 15.9. The van der Waals surface area contributed by atoms with Crippen molar-refractivity contribution in [3.8, 4) is 0 Å². The van der Waals surface area contributed by atoms with Crippen molar-refractivity contribution in [2.75, 3.05) is 7.11 Å². The van der Waals surface area contributed by atoms with E-state index in [1.165, 1.54) is 7.11 Å². The van der Waals surface area contributed by atoms with Crippen molar-refractivity contribution in [2.45, 2.75) is 139 Å². The van der Waals surface area contributed by atoms with Crippen LogP contribution in [0.5, 0.6) is 0 Å². The molecule has 0 aromatic heterocycles. The second-order valence-corrected chi connectivity index (χ2v) is 15.6. The second-order valence-electron chi connectivity index (χ2n) is 15.6. The quantitative estimate of drug-likeness (QED) is 0.130. The van der Waals surface area contributed by atoms with Gasteiger partial charge in [-0.05, 0) is 43.0 Å². The van der Waals surface area contributed by atoms with E-state index in [9.17, 15) is 15.3 Å². The third-order valence-electron chi connectivity index (χ3n) is 11.2. The standard InChI is InChI=1S/C47H58O13/c1-29-36(48)37(49)38(50)45(56-29)59-44-42(55-28-35-23-15-8-16-24-35)40(53-26-33-19-11-6-12-20-33)31(3)58-47(44)60-43-41(54-27-34-21-13-7-14-22-34)39(30(2)57-46(43)51-4)52-25-32-17-9-5-10-18-32/h5-24,29-31,36-50H,25-28H2,1-4H3. The van der Waals surface area contributed by atoms with E-state index in [1.54, 1.807) is 6.92 Å². The van der Waals surface area contributed by atoms with E-state index in [0.29, 0.717) is 0 Å². The molecule has 15 atom stereocenters. The van der Waals surface area contributed by atoms with E-state index in [-0.39, 0.29) is 26.4 Å². The first-order valence-corrected chi connectivity index (χ1v) is 20.7. The van der Waals surface area contributed by atoms with Crippen LogP contribution in [0, 0.1) is 0 Å². The lowest BCUT2D eigenvalue weighted by atomic mass is 9.96. The van der Waals surface area contributed by atoms with Gasteiger partial charge in [0.15, 0.2) is 18.9 Å². The number of ether oxygens (including phenoxy) is 10. The minimum absolute atomic E-state index is 0.171. The van der Waals surface area contributed by atoms with Crippen LogP contribution in [0.2, 0.25) is 0 Å². The Labute approximate surface area is 351 Å². The van der Waals surface area contributed by atoms with Gasteiger partial charge in [-0.15, -0.1) is 0 Å². The van der Waals surface area contributed by atoms with E-state index in [2.05, 4.69) is 0 Å². The summed E-state index contributed by atoms with van der Waals surface area (Å²) in [6.45, 7) is 6.31. The molecule has 4 aromatic carbocycles. The van der Waals surface area contributed by atoms with E-state index in [1.807, 2.05) is 135 Å². The summed E-state index contributed by atoms with van der Waals surface area (Å²) in [5, 5.41) is 32.7. The molecular formula is C47H58O13. The van der Waals surface area contributed by atoms with Crippen LogP contribution in [0.3, 0.4) is 0 Å². The van der Waals surface area contributed by atoms with Crippen molar-refractivity contribution in [3.63, 3.8) is 0 Å². The summed E-state index contributed by atoms with van der Waals surface area (Å²) in [6.07, 6.45) is -15.2. The van der Waals surface area contributed by atoms with Crippen LogP contribution >= 0.6 is 0 Å². The van der Waals surface area contributed by atoms with Crippen molar-refractivity contribution in [1.82, 2.24) is 0 Å². The number of benzene rings is 4. The molecule has 15 unspecified atom stereocenters. The van der Waals surface area contributed by atoms with E-state index in [0.717, 1.165) is 22.3 Å². The SMILES string of the molecule is COC1OC(C)C(OCc2ccccc2)C(OCc2ccccc2)C1OC1OC(C)C(OCc2ccccc2)C(OCc2ccccc2)C1OC1OC(C)C(O)C(O)C1O. The highest BCUT2D eigenvalue weighted by Gasteiger charge is 2.55. The van der Waals surface area contributed by atoms with Crippen molar-refractivity contribution >= 4 is 0 Å². The van der Waals surface area contributed by atoms with Crippen LogP contribution in [0.15, 0.2) is 121 Å². The van der Waals surface area contributed by atoms with Gasteiger partial charge in [0.05, 0.1) is 44.7 Å². The lowest BCUT2D eigenvalue weighted by Gasteiger charge is -2.50. The molecule has 0 spiro atoms. The van der Waals surface area contributed by atoms with E-state index < -0.39 is 92.1 Å². The van der Waals surface area contributed by atoms with Crippen LogP contribution in [-0.2, 0) is 73.8 Å². The van der Waals surface area contributed by atoms with Gasteiger partial charge >= 0.3 is 0 Å². The number of hydrogen-bond donors (Lipinski definition) is 3. The Bertz CT molecular complexity index is 1820. The molecule has 0 saturated carbocycles. The first-order chi connectivity index (χ1) is 29.2. The highest BCUT2D eigenvalue weighted by atomic mass is 16.8. The topological polar surface area (TPSA) is 153 Å². The van der Waals surface area contributed by atoms with Gasteiger partial charge in [0.1, 0.15) is 54.9 Å². The summed E-state index contributed by atoms with van der Waals surface area (Å²) in [5.41, 5.74) is 3.76. The fourth-order valence-electron chi connectivity index (χ4n) is 7.88. The van der Waals surface area contributed by atoms with Crippen molar-refractivity contribution in [1.29, 1.82) is 0 Å². The molecule has 0 radical (unpaired) electrons. The van der Waals surface area contributed by atoms with Gasteiger partial charge in [0.2, 0.25) is 0 Å². The summed E-state index contributed by atoms with van der Waals surface area (Å²) in [7, 11) is 1.53. The molecule has 0 bridgehead atoms. The van der Waals surface area contributed by atoms with Crippen LogP contribution in [0.1, 0.15) is 43.0 Å². The summed E-state index contributed by atoms with van der Waals surface area (Å²) >= 11 is 0. The van der Waals surface area contributed by atoms with Gasteiger partial charge in [0.25, 0.3) is 0 Å². The minimum Gasteiger partial charge on any atom is -0.388 e. The highest BCUT2D eigenvalue weighted by Crippen LogP contribution is 2.37. The van der Waals surface area contributed by atoms with E-state index >= 15 is 0 Å².